The quantitative estimate of drug-likeness (QED) is 0.179. The zero-order valence-corrected chi connectivity index (χ0v) is 24.2. The Morgan fingerprint density at radius 2 is 1.36 bits per heavy atom. The first kappa shape index (κ1) is 28.9. The van der Waals surface area contributed by atoms with Gasteiger partial charge in [0.05, 0.1) is 0 Å². The van der Waals surface area contributed by atoms with E-state index in [0.717, 1.165) is 52.0 Å². The monoisotopic (exact) mass is 563 g/mol. The minimum atomic E-state index is -0.780. The molecule has 0 saturated heterocycles. The Bertz CT molecular complexity index is 1450. The Morgan fingerprint density at radius 1 is 0.762 bits per heavy atom. The average Bonchev–Trinajstić information content (AvgIpc) is 3.34. The molecule has 0 aliphatic heterocycles. The van der Waals surface area contributed by atoms with Crippen LogP contribution in [0.2, 0.25) is 0 Å². The van der Waals surface area contributed by atoms with Crippen LogP contribution >= 0.6 is 0 Å². The van der Waals surface area contributed by atoms with Crippen molar-refractivity contribution in [3.05, 3.63) is 125 Å². The molecule has 0 saturated carbocycles. The molecule has 0 unspecified atom stereocenters. The molecule has 5 rings (SSSR count). The summed E-state index contributed by atoms with van der Waals surface area (Å²) < 4.78 is 17.1. The second-order valence-electron chi connectivity index (χ2n) is 10.7. The zero-order valence-electron chi connectivity index (χ0n) is 24.2. The van der Waals surface area contributed by atoms with Crippen LogP contribution in [-0.4, -0.2) is 24.7 Å². The second-order valence-corrected chi connectivity index (χ2v) is 10.7. The number of fused-ring (bicyclic) bond motifs is 3. The lowest BCUT2D eigenvalue weighted by Crippen LogP contribution is -2.42. The maximum Gasteiger partial charge on any atom is 0.407 e. The lowest BCUT2D eigenvalue weighted by molar-refractivity contribution is -0.147. The summed E-state index contributed by atoms with van der Waals surface area (Å²) in [6, 6.07) is 31.3. The number of aryl methyl sites for hydroxylation is 1. The van der Waals surface area contributed by atoms with Gasteiger partial charge in [-0.25, -0.2) is 9.59 Å². The first-order chi connectivity index (χ1) is 20.5. The van der Waals surface area contributed by atoms with Gasteiger partial charge in [-0.05, 0) is 58.9 Å². The third-order valence-electron chi connectivity index (χ3n) is 7.60. The molecule has 0 heterocycles. The van der Waals surface area contributed by atoms with Crippen molar-refractivity contribution in [2.45, 2.75) is 58.3 Å². The molecule has 1 aliphatic rings. The molecule has 1 amide bonds. The summed E-state index contributed by atoms with van der Waals surface area (Å²) in [5, 5.41) is 2.75. The molecule has 0 radical (unpaired) electrons. The highest BCUT2D eigenvalue weighted by Crippen LogP contribution is 2.44. The first-order valence-electron chi connectivity index (χ1n) is 14.6. The molecule has 0 aromatic heterocycles. The fourth-order valence-corrected chi connectivity index (χ4v) is 5.23. The van der Waals surface area contributed by atoms with Gasteiger partial charge in [-0.1, -0.05) is 110 Å². The molecule has 0 spiro atoms. The molecule has 42 heavy (non-hydrogen) atoms. The molecule has 0 bridgehead atoms. The van der Waals surface area contributed by atoms with Gasteiger partial charge in [-0.2, -0.15) is 0 Å². The number of benzene rings is 4. The summed E-state index contributed by atoms with van der Waals surface area (Å²) in [6.07, 6.45) is 1.52. The Kier molecular flexibility index (Phi) is 9.55. The van der Waals surface area contributed by atoms with Gasteiger partial charge in [0.25, 0.3) is 0 Å². The van der Waals surface area contributed by atoms with Crippen LogP contribution in [0.1, 0.15) is 59.9 Å². The summed E-state index contributed by atoms with van der Waals surface area (Å²) in [5.74, 6) is 0.216. The van der Waals surface area contributed by atoms with Gasteiger partial charge in [0, 0.05) is 5.92 Å². The highest BCUT2D eigenvalue weighted by Gasteiger charge is 2.30. The maximum absolute atomic E-state index is 13.0. The predicted octanol–water partition coefficient (Wildman–Crippen LogP) is 7.71. The molecule has 1 aliphatic carbocycles. The molecule has 4 aromatic carbocycles. The van der Waals surface area contributed by atoms with Crippen LogP contribution in [0.15, 0.2) is 97.1 Å². The lowest BCUT2D eigenvalue weighted by Gasteiger charge is -2.19. The van der Waals surface area contributed by atoms with Crippen LogP contribution in [0.25, 0.3) is 11.1 Å². The van der Waals surface area contributed by atoms with Gasteiger partial charge >= 0.3 is 12.1 Å². The third-order valence-corrected chi connectivity index (χ3v) is 7.60. The molecular weight excluding hydrogens is 526 g/mol. The van der Waals surface area contributed by atoms with Crippen molar-refractivity contribution in [3.63, 3.8) is 0 Å². The van der Waals surface area contributed by atoms with Crippen LogP contribution < -0.4 is 10.1 Å². The summed E-state index contributed by atoms with van der Waals surface area (Å²) in [4.78, 5) is 25.8. The van der Waals surface area contributed by atoms with E-state index in [1.165, 1.54) is 5.56 Å². The number of ether oxygens (including phenoxy) is 3. The van der Waals surface area contributed by atoms with Gasteiger partial charge in [-0.3, -0.25) is 0 Å². The van der Waals surface area contributed by atoms with E-state index in [-0.39, 0.29) is 19.1 Å². The molecule has 1 N–H and O–H groups in total. The Hall–Kier alpha value is -4.58. The first-order valence-corrected chi connectivity index (χ1v) is 14.6. The molecule has 6 heteroatoms. The Morgan fingerprint density at radius 3 is 2.00 bits per heavy atom. The molecule has 6 nitrogen and oxygen atoms in total. The van der Waals surface area contributed by atoms with Crippen molar-refractivity contribution in [3.8, 4) is 16.9 Å². The number of unbranched alkanes of at least 4 members (excludes halogenated alkanes) is 1. The number of alkyl carbamates (subject to hydrolysis) is 1. The summed E-state index contributed by atoms with van der Waals surface area (Å²) in [6.45, 7) is 4.87. The van der Waals surface area contributed by atoms with Crippen LogP contribution in [0.3, 0.4) is 0 Å². The van der Waals surface area contributed by atoms with Crippen molar-refractivity contribution in [2.24, 2.45) is 0 Å². The van der Waals surface area contributed by atoms with Gasteiger partial charge in [-0.15, -0.1) is 0 Å². The number of esters is 1. The van der Waals surface area contributed by atoms with Crippen molar-refractivity contribution in [2.75, 3.05) is 6.61 Å². The molecule has 4 aromatic rings. The second kappa shape index (κ2) is 13.9. The van der Waals surface area contributed by atoms with Gasteiger partial charge in [0.2, 0.25) is 0 Å². The van der Waals surface area contributed by atoms with E-state index in [4.69, 9.17) is 14.2 Å². The predicted molar refractivity (Wildman–Crippen MR) is 163 cm³/mol. The van der Waals surface area contributed by atoms with Gasteiger partial charge < -0.3 is 19.5 Å². The fourth-order valence-electron chi connectivity index (χ4n) is 5.23. The number of nitrogens with one attached hydrogen (secondary N) is 1. The van der Waals surface area contributed by atoms with E-state index in [9.17, 15) is 9.59 Å². The van der Waals surface area contributed by atoms with E-state index >= 15 is 0 Å². The summed E-state index contributed by atoms with van der Waals surface area (Å²) >= 11 is 0. The van der Waals surface area contributed by atoms with E-state index in [0.29, 0.717) is 13.0 Å². The van der Waals surface area contributed by atoms with Crippen LogP contribution in [0.4, 0.5) is 4.79 Å². The number of carbonyl (C=O) groups excluding carboxylic acids is 2. The van der Waals surface area contributed by atoms with Crippen LogP contribution in [-0.2, 0) is 27.5 Å². The Labute approximate surface area is 247 Å². The molecule has 216 valence electrons. The number of carbonyl (C=O) groups is 2. The van der Waals surface area contributed by atoms with Gasteiger partial charge in [0.15, 0.2) is 0 Å². The highest BCUT2D eigenvalue weighted by molar-refractivity contribution is 5.82. The lowest BCUT2D eigenvalue weighted by atomic mass is 9.98. The number of amides is 1. The largest absolute Gasteiger partial charge is 0.489 e. The van der Waals surface area contributed by atoms with Gasteiger partial charge in [0.1, 0.15) is 31.6 Å². The van der Waals surface area contributed by atoms with Crippen molar-refractivity contribution in [1.29, 1.82) is 0 Å². The van der Waals surface area contributed by atoms with E-state index in [2.05, 4.69) is 60.8 Å². The van der Waals surface area contributed by atoms with Crippen molar-refractivity contribution >= 4 is 12.1 Å². The van der Waals surface area contributed by atoms with E-state index in [1.54, 1.807) is 0 Å². The molecule has 0 fully saturated rings. The normalized spacial score (nSPS) is 12.6. The van der Waals surface area contributed by atoms with E-state index in [1.807, 2.05) is 55.5 Å². The topological polar surface area (TPSA) is 73.9 Å². The van der Waals surface area contributed by atoms with E-state index < -0.39 is 18.1 Å². The summed E-state index contributed by atoms with van der Waals surface area (Å²) in [5.41, 5.74) is 7.75. The average molecular weight is 564 g/mol. The number of hydrogen-bond donors (Lipinski definition) is 1. The smallest absolute Gasteiger partial charge is 0.407 e. The minimum absolute atomic E-state index is 0.0481. The van der Waals surface area contributed by atoms with Crippen molar-refractivity contribution < 1.29 is 23.8 Å². The highest BCUT2D eigenvalue weighted by atomic mass is 16.6. The Balaban J connectivity index is 1.12. The van der Waals surface area contributed by atoms with Crippen LogP contribution in [0, 0.1) is 6.92 Å². The number of hydrogen-bond acceptors (Lipinski definition) is 5. The fraction of sp³-hybridized carbons (Fsp3) is 0.278. The summed E-state index contributed by atoms with van der Waals surface area (Å²) in [7, 11) is 0. The van der Waals surface area contributed by atoms with Crippen LogP contribution in [0.5, 0.6) is 5.75 Å². The zero-order chi connectivity index (χ0) is 29.3. The number of rotatable bonds is 12. The van der Waals surface area contributed by atoms with Crippen molar-refractivity contribution in [1.82, 2.24) is 5.32 Å². The molecule has 1 atom stereocenters. The minimum Gasteiger partial charge on any atom is -0.489 e. The maximum atomic E-state index is 13.0. The third kappa shape index (κ3) is 7.19. The standard InChI is InChI=1S/C36H37NO5/c1-3-4-13-34(35(38)41-23-27-18-20-28(21-19-27)40-22-26-16-14-25(2)15-17-26)37-36(39)42-24-33-31-11-7-5-9-29(31)30-10-6-8-12-32(30)33/h5-12,14-21,33-34H,3-4,13,22-24H2,1-2H3,(H,37,39)/t34-/m0/s1. The molecular formula is C36H37NO5. The SMILES string of the molecule is CCCC[C@H](NC(=O)OCC1c2ccccc2-c2ccccc21)C(=O)OCc1ccc(OCc2ccc(C)cc2)cc1.